The van der Waals surface area contributed by atoms with Crippen LogP contribution in [-0.2, 0) is 4.79 Å². The van der Waals surface area contributed by atoms with Gasteiger partial charge in [0, 0.05) is 17.5 Å². The number of fused-ring (bicyclic) bond motifs is 1. The van der Waals surface area contributed by atoms with Gasteiger partial charge in [0.25, 0.3) is 5.91 Å². The molecule has 3 aromatic rings. The second-order valence-corrected chi connectivity index (χ2v) is 8.30. The first kappa shape index (κ1) is 18.7. The molecule has 4 rings (SSSR count). The van der Waals surface area contributed by atoms with Crippen LogP contribution in [-0.4, -0.2) is 23.8 Å². The number of anilines is 1. The number of benzene rings is 2. The van der Waals surface area contributed by atoms with Crippen molar-refractivity contribution in [3.63, 3.8) is 0 Å². The summed E-state index contributed by atoms with van der Waals surface area (Å²) in [6, 6.07) is 16.4. The van der Waals surface area contributed by atoms with Crippen LogP contribution in [0.5, 0.6) is 0 Å². The summed E-state index contributed by atoms with van der Waals surface area (Å²) in [5.41, 5.74) is 2.89. The van der Waals surface area contributed by atoms with Gasteiger partial charge >= 0.3 is 0 Å². The number of carbonyl (C=O) groups excluding carboxylic acids is 2. The molecule has 0 aliphatic carbocycles. The van der Waals surface area contributed by atoms with Crippen LogP contribution in [0.25, 0.3) is 0 Å². The molecule has 0 saturated carbocycles. The summed E-state index contributed by atoms with van der Waals surface area (Å²) in [6.45, 7) is 1.95. The number of aryl methyl sites for hydroxylation is 1. The lowest BCUT2D eigenvalue weighted by molar-refractivity contribution is -0.119. The fourth-order valence-corrected chi connectivity index (χ4v) is 4.89. The minimum absolute atomic E-state index is 0.0774. The molecule has 2 aromatic carbocycles. The number of amides is 2. The van der Waals surface area contributed by atoms with Gasteiger partial charge in [-0.25, -0.2) is 0 Å². The van der Waals surface area contributed by atoms with Crippen molar-refractivity contribution in [2.45, 2.75) is 18.9 Å². The molecule has 2 amide bonds. The number of hydrogen-bond acceptors (Lipinski definition) is 3. The van der Waals surface area contributed by atoms with Gasteiger partial charge in [-0.2, -0.15) is 0 Å². The van der Waals surface area contributed by atoms with Gasteiger partial charge in [-0.05, 0) is 47.7 Å². The van der Waals surface area contributed by atoms with E-state index in [2.05, 4.69) is 5.32 Å². The molecule has 28 heavy (non-hydrogen) atoms. The predicted octanol–water partition coefficient (Wildman–Crippen LogP) is 5.26. The van der Waals surface area contributed by atoms with Gasteiger partial charge in [0.05, 0.1) is 22.7 Å². The van der Waals surface area contributed by atoms with Gasteiger partial charge in [-0.15, -0.1) is 11.3 Å². The summed E-state index contributed by atoms with van der Waals surface area (Å²) in [6.07, 6.45) is 0. The number of nitrogens with zero attached hydrogens (tertiary/aromatic N) is 1. The Balaban J connectivity index is 1.79. The number of likely N-dealkylation sites (N-methyl/N-ethyl adjacent to an activating group) is 1. The normalized spacial score (nSPS) is 18.7. The van der Waals surface area contributed by atoms with Gasteiger partial charge in [0.1, 0.15) is 0 Å². The summed E-state index contributed by atoms with van der Waals surface area (Å²) in [5.74, 6) is -0.794. The molecule has 4 nitrogen and oxygen atoms in total. The van der Waals surface area contributed by atoms with E-state index in [0.29, 0.717) is 16.3 Å². The third-order valence-corrected chi connectivity index (χ3v) is 6.33. The zero-order valence-electron chi connectivity index (χ0n) is 15.5. The van der Waals surface area contributed by atoms with Crippen molar-refractivity contribution in [3.05, 3.63) is 86.6 Å². The molecular formula is C22H19ClN2O2S. The predicted molar refractivity (Wildman–Crippen MR) is 113 cm³/mol. The van der Waals surface area contributed by atoms with Crippen LogP contribution in [0.2, 0.25) is 5.02 Å². The molecule has 2 heterocycles. The topological polar surface area (TPSA) is 49.4 Å². The zero-order chi connectivity index (χ0) is 19.8. The molecule has 0 radical (unpaired) electrons. The Morgan fingerprint density at radius 2 is 1.93 bits per heavy atom. The lowest BCUT2D eigenvalue weighted by Gasteiger charge is -2.39. The van der Waals surface area contributed by atoms with Crippen LogP contribution in [0, 0.1) is 6.92 Å². The van der Waals surface area contributed by atoms with Crippen molar-refractivity contribution in [2.75, 3.05) is 12.4 Å². The fraction of sp³-hybridized carbons (Fsp3) is 0.182. The smallest absolute Gasteiger partial charge is 0.254 e. The van der Waals surface area contributed by atoms with E-state index in [1.54, 1.807) is 35.4 Å². The van der Waals surface area contributed by atoms with Gasteiger partial charge in [0.15, 0.2) is 0 Å². The minimum Gasteiger partial charge on any atom is -0.333 e. The van der Waals surface area contributed by atoms with E-state index in [0.717, 1.165) is 16.0 Å². The molecule has 1 aliphatic heterocycles. The average Bonchev–Trinajstić information content (AvgIpc) is 3.21. The number of hydrogen-bond donors (Lipinski definition) is 1. The van der Waals surface area contributed by atoms with Crippen molar-refractivity contribution in [3.8, 4) is 0 Å². The highest BCUT2D eigenvalue weighted by Gasteiger charge is 2.43. The summed E-state index contributed by atoms with van der Waals surface area (Å²) < 4.78 is 0. The highest BCUT2D eigenvalue weighted by molar-refractivity contribution is 7.10. The van der Waals surface area contributed by atoms with Crippen molar-refractivity contribution in [1.82, 2.24) is 4.90 Å². The maximum Gasteiger partial charge on any atom is 0.254 e. The Kier molecular flexibility index (Phi) is 4.96. The second-order valence-electron chi connectivity index (χ2n) is 6.91. The van der Waals surface area contributed by atoms with E-state index in [1.165, 1.54) is 0 Å². The fourth-order valence-electron chi connectivity index (χ4n) is 3.70. The number of carbonyl (C=O) groups is 2. The van der Waals surface area contributed by atoms with E-state index in [9.17, 15) is 9.59 Å². The summed E-state index contributed by atoms with van der Waals surface area (Å²) in [5, 5.41) is 5.42. The lowest BCUT2D eigenvalue weighted by Crippen LogP contribution is -2.43. The highest BCUT2D eigenvalue weighted by Crippen LogP contribution is 2.44. The number of halogens is 1. The first-order valence-corrected chi connectivity index (χ1v) is 10.2. The number of nitrogens with one attached hydrogen (secondary N) is 1. The first-order chi connectivity index (χ1) is 13.5. The summed E-state index contributed by atoms with van der Waals surface area (Å²) in [4.78, 5) is 29.0. The molecule has 1 N–H and O–H groups in total. The molecule has 0 fully saturated rings. The summed E-state index contributed by atoms with van der Waals surface area (Å²) >= 11 is 7.87. The lowest BCUT2D eigenvalue weighted by atomic mass is 9.81. The van der Waals surface area contributed by atoms with Crippen LogP contribution < -0.4 is 5.32 Å². The Labute approximate surface area is 172 Å². The van der Waals surface area contributed by atoms with E-state index in [1.807, 2.05) is 54.8 Å². The summed E-state index contributed by atoms with van der Waals surface area (Å²) in [7, 11) is 1.75. The van der Waals surface area contributed by atoms with Gasteiger partial charge < -0.3 is 10.2 Å². The van der Waals surface area contributed by atoms with Gasteiger partial charge in [-0.1, -0.05) is 41.9 Å². The van der Waals surface area contributed by atoms with Crippen molar-refractivity contribution in [2.24, 2.45) is 0 Å². The zero-order valence-corrected chi connectivity index (χ0v) is 17.1. The quantitative estimate of drug-likeness (QED) is 0.640. The number of rotatable bonds is 3. The second kappa shape index (κ2) is 7.41. The van der Waals surface area contributed by atoms with Crippen LogP contribution in [0.1, 0.15) is 38.3 Å². The standard InChI is InChI=1S/C22H19ClN2O2S/c1-13-9-10-17(16(23)12-13)24-21(26)19-14-6-3-4-7-15(14)22(27)25(2)20(19)18-8-5-11-28-18/h3-12,19-20H,1-2H3,(H,24,26)/t19-,20-/m0/s1. The molecule has 6 heteroatoms. The van der Waals surface area contributed by atoms with E-state index >= 15 is 0 Å². The van der Waals surface area contributed by atoms with Crippen LogP contribution in [0.15, 0.2) is 60.0 Å². The molecule has 0 saturated heterocycles. The number of thiophene rings is 1. The van der Waals surface area contributed by atoms with E-state index in [4.69, 9.17) is 11.6 Å². The monoisotopic (exact) mass is 410 g/mol. The molecule has 1 aliphatic rings. The Morgan fingerprint density at radius 3 is 2.64 bits per heavy atom. The molecule has 1 aromatic heterocycles. The van der Waals surface area contributed by atoms with Gasteiger partial charge in [-0.3, -0.25) is 9.59 Å². The highest BCUT2D eigenvalue weighted by atomic mass is 35.5. The van der Waals surface area contributed by atoms with Crippen LogP contribution in [0.3, 0.4) is 0 Å². The van der Waals surface area contributed by atoms with Crippen molar-refractivity contribution in [1.29, 1.82) is 0 Å². The Bertz CT molecular complexity index is 1050. The minimum atomic E-state index is -0.532. The largest absolute Gasteiger partial charge is 0.333 e. The first-order valence-electron chi connectivity index (χ1n) is 8.94. The van der Waals surface area contributed by atoms with Crippen molar-refractivity contribution < 1.29 is 9.59 Å². The molecular weight excluding hydrogens is 392 g/mol. The molecule has 142 valence electrons. The van der Waals surface area contributed by atoms with Crippen molar-refractivity contribution >= 4 is 40.4 Å². The molecule has 2 atom stereocenters. The van der Waals surface area contributed by atoms with Crippen LogP contribution >= 0.6 is 22.9 Å². The molecule has 0 spiro atoms. The third kappa shape index (κ3) is 3.21. The maximum atomic E-state index is 13.4. The maximum absolute atomic E-state index is 13.4. The Morgan fingerprint density at radius 1 is 1.14 bits per heavy atom. The molecule has 0 bridgehead atoms. The van der Waals surface area contributed by atoms with Gasteiger partial charge in [0.2, 0.25) is 5.91 Å². The van der Waals surface area contributed by atoms with E-state index in [-0.39, 0.29) is 17.9 Å². The average molecular weight is 411 g/mol. The van der Waals surface area contributed by atoms with Crippen LogP contribution in [0.4, 0.5) is 5.69 Å². The SMILES string of the molecule is Cc1ccc(NC(=O)[C@H]2c3ccccc3C(=O)N(C)[C@H]2c2cccs2)c(Cl)c1. The Hall–Kier alpha value is -2.63. The third-order valence-electron chi connectivity index (χ3n) is 5.08. The molecule has 0 unspecified atom stereocenters. The van der Waals surface area contributed by atoms with E-state index < -0.39 is 5.92 Å².